The Kier molecular flexibility index (Phi) is 5.60. The molecule has 3 nitrogen and oxygen atoms in total. The molecule has 2 unspecified atom stereocenters. The highest BCUT2D eigenvalue weighted by molar-refractivity contribution is 7.86. The van der Waals surface area contributed by atoms with E-state index in [0.29, 0.717) is 12.0 Å². The normalized spacial score (nSPS) is 14.4. The Morgan fingerprint density at radius 3 is 1.70 bits per heavy atom. The predicted molar refractivity (Wildman–Crippen MR) is 94.3 cm³/mol. The molecule has 0 radical (unpaired) electrons. The van der Waals surface area contributed by atoms with Gasteiger partial charge in [-0.3, -0.25) is 4.55 Å². The lowest BCUT2D eigenvalue weighted by Gasteiger charge is -2.22. The van der Waals surface area contributed by atoms with Crippen LogP contribution in [0.1, 0.15) is 53.2 Å². The van der Waals surface area contributed by atoms with Gasteiger partial charge in [-0.25, -0.2) is 0 Å². The monoisotopic (exact) mass is 332 g/mol. The van der Waals surface area contributed by atoms with E-state index in [4.69, 9.17) is 0 Å². The summed E-state index contributed by atoms with van der Waals surface area (Å²) in [5, 5.41) is -0.894. The molecule has 0 fully saturated rings. The molecule has 0 saturated carbocycles. The molecule has 2 aromatic rings. The van der Waals surface area contributed by atoms with Gasteiger partial charge in [0.2, 0.25) is 0 Å². The average Bonchev–Trinajstić information content (AvgIpc) is 2.50. The lowest BCUT2D eigenvalue weighted by atomic mass is 9.89. The third-order valence-corrected chi connectivity index (χ3v) is 5.53. The Morgan fingerprint density at radius 1 is 0.870 bits per heavy atom. The Labute approximate surface area is 139 Å². The average molecular weight is 332 g/mol. The van der Waals surface area contributed by atoms with Crippen molar-refractivity contribution in [2.75, 3.05) is 0 Å². The van der Waals surface area contributed by atoms with Crippen molar-refractivity contribution in [1.29, 1.82) is 0 Å². The maximum Gasteiger partial charge on any atom is 0.272 e. The zero-order valence-corrected chi connectivity index (χ0v) is 14.7. The van der Waals surface area contributed by atoms with Gasteiger partial charge >= 0.3 is 0 Å². The van der Waals surface area contributed by atoms with E-state index < -0.39 is 15.4 Å². The summed E-state index contributed by atoms with van der Waals surface area (Å²) in [5.74, 6) is 0.0869. The molecule has 0 aromatic heterocycles. The molecular formula is C19H24O3S. The quantitative estimate of drug-likeness (QED) is 0.772. The van der Waals surface area contributed by atoms with Crippen molar-refractivity contribution in [3.8, 4) is 0 Å². The standard InChI is InChI=1S/C19H24O3S/c1-4-16(17-9-5-14(2)6-10-17)13-19(23(20,21)22)18-11-7-15(3)8-12-18/h5-12,16,19H,4,13H2,1-3H3,(H,20,21,22). The highest BCUT2D eigenvalue weighted by Gasteiger charge is 2.28. The highest BCUT2D eigenvalue weighted by atomic mass is 32.2. The number of rotatable bonds is 6. The van der Waals surface area contributed by atoms with Gasteiger partial charge in [0.1, 0.15) is 5.25 Å². The van der Waals surface area contributed by atoms with Crippen molar-refractivity contribution in [3.63, 3.8) is 0 Å². The fourth-order valence-electron chi connectivity index (χ4n) is 2.85. The summed E-state index contributed by atoms with van der Waals surface area (Å²) in [6.45, 7) is 6.02. The van der Waals surface area contributed by atoms with Crippen molar-refractivity contribution >= 4 is 10.1 Å². The van der Waals surface area contributed by atoms with Crippen molar-refractivity contribution in [3.05, 3.63) is 70.8 Å². The second kappa shape index (κ2) is 7.28. The Balaban J connectivity index is 2.32. The molecule has 124 valence electrons. The van der Waals surface area contributed by atoms with E-state index in [-0.39, 0.29) is 5.92 Å². The van der Waals surface area contributed by atoms with E-state index in [2.05, 4.69) is 0 Å². The summed E-state index contributed by atoms with van der Waals surface area (Å²) in [6, 6.07) is 15.5. The van der Waals surface area contributed by atoms with Gasteiger partial charge in [0.15, 0.2) is 0 Å². The van der Waals surface area contributed by atoms with Crippen molar-refractivity contribution in [2.24, 2.45) is 0 Å². The molecule has 0 bridgehead atoms. The summed E-state index contributed by atoms with van der Waals surface area (Å²) in [4.78, 5) is 0. The molecule has 4 heteroatoms. The van der Waals surface area contributed by atoms with Crippen molar-refractivity contribution in [1.82, 2.24) is 0 Å². The molecule has 2 rings (SSSR count). The summed E-state index contributed by atoms with van der Waals surface area (Å²) in [7, 11) is -4.15. The molecule has 1 N–H and O–H groups in total. The summed E-state index contributed by atoms with van der Waals surface area (Å²) >= 11 is 0. The molecule has 0 saturated heterocycles. The SMILES string of the molecule is CCC(CC(c1ccc(C)cc1)S(=O)(=O)O)c1ccc(C)cc1. The van der Waals surface area contributed by atoms with Crippen LogP contribution in [0.25, 0.3) is 0 Å². The topological polar surface area (TPSA) is 54.4 Å². The van der Waals surface area contributed by atoms with Crippen LogP contribution in [0.4, 0.5) is 0 Å². The minimum absolute atomic E-state index is 0.0869. The maximum atomic E-state index is 11.9. The van der Waals surface area contributed by atoms with Gasteiger partial charge in [0.05, 0.1) is 0 Å². The molecule has 0 aliphatic rings. The van der Waals surface area contributed by atoms with Crippen LogP contribution in [0, 0.1) is 13.8 Å². The number of hydrogen-bond donors (Lipinski definition) is 1. The first kappa shape index (κ1) is 17.7. The highest BCUT2D eigenvalue weighted by Crippen LogP contribution is 2.35. The van der Waals surface area contributed by atoms with E-state index in [1.54, 1.807) is 12.1 Å². The van der Waals surface area contributed by atoms with Gasteiger partial charge in [-0.1, -0.05) is 66.6 Å². The zero-order valence-electron chi connectivity index (χ0n) is 13.9. The van der Waals surface area contributed by atoms with E-state index in [0.717, 1.165) is 17.5 Å². The van der Waals surface area contributed by atoms with Crippen LogP contribution in [0.2, 0.25) is 0 Å². The van der Waals surface area contributed by atoms with Gasteiger partial charge in [0.25, 0.3) is 10.1 Å². The molecule has 2 aromatic carbocycles. The minimum Gasteiger partial charge on any atom is -0.285 e. The van der Waals surface area contributed by atoms with Crippen LogP contribution in [0.15, 0.2) is 48.5 Å². The third kappa shape index (κ3) is 4.66. The fourth-order valence-corrected chi connectivity index (χ4v) is 3.82. The van der Waals surface area contributed by atoms with Crippen LogP contribution in [0.3, 0.4) is 0 Å². The molecule has 0 amide bonds. The minimum atomic E-state index is -4.15. The number of hydrogen-bond acceptors (Lipinski definition) is 2. The first-order valence-corrected chi connectivity index (χ1v) is 9.41. The summed E-state index contributed by atoms with van der Waals surface area (Å²) in [5.41, 5.74) is 3.99. The van der Waals surface area contributed by atoms with Crippen molar-refractivity contribution in [2.45, 2.75) is 44.8 Å². The van der Waals surface area contributed by atoms with E-state index in [1.165, 1.54) is 5.56 Å². The second-order valence-electron chi connectivity index (χ2n) is 6.17. The molecule has 0 heterocycles. The van der Waals surface area contributed by atoms with E-state index >= 15 is 0 Å². The zero-order chi connectivity index (χ0) is 17.0. The number of benzene rings is 2. The first-order chi connectivity index (χ1) is 10.8. The van der Waals surface area contributed by atoms with Gasteiger partial charge in [-0.15, -0.1) is 0 Å². The molecule has 23 heavy (non-hydrogen) atoms. The summed E-state index contributed by atoms with van der Waals surface area (Å²) < 4.78 is 33.5. The third-order valence-electron chi connectivity index (χ3n) is 4.35. The lowest BCUT2D eigenvalue weighted by molar-refractivity contribution is 0.453. The van der Waals surface area contributed by atoms with Gasteiger partial charge in [-0.2, -0.15) is 8.42 Å². The largest absolute Gasteiger partial charge is 0.285 e. The van der Waals surface area contributed by atoms with Crippen molar-refractivity contribution < 1.29 is 13.0 Å². The number of aryl methyl sites for hydroxylation is 2. The summed E-state index contributed by atoms with van der Waals surface area (Å²) in [6.07, 6.45) is 1.20. The molecule has 0 spiro atoms. The fraction of sp³-hybridized carbons (Fsp3) is 0.368. The van der Waals surface area contributed by atoms with Crippen LogP contribution in [0.5, 0.6) is 0 Å². The predicted octanol–water partition coefficient (Wildman–Crippen LogP) is 4.82. The Morgan fingerprint density at radius 2 is 1.30 bits per heavy atom. The molecule has 0 aliphatic carbocycles. The Bertz CT molecular complexity index is 731. The molecule has 2 atom stereocenters. The lowest BCUT2D eigenvalue weighted by Crippen LogP contribution is -2.16. The van der Waals surface area contributed by atoms with E-state index in [9.17, 15) is 13.0 Å². The first-order valence-electron chi connectivity index (χ1n) is 7.90. The van der Waals surface area contributed by atoms with Gasteiger partial charge in [0, 0.05) is 0 Å². The second-order valence-corrected chi connectivity index (χ2v) is 7.76. The van der Waals surface area contributed by atoms with E-state index in [1.807, 2.05) is 57.2 Å². The van der Waals surface area contributed by atoms with Crippen LogP contribution >= 0.6 is 0 Å². The van der Waals surface area contributed by atoms with Gasteiger partial charge in [-0.05, 0) is 43.7 Å². The van der Waals surface area contributed by atoms with Crippen LogP contribution < -0.4 is 0 Å². The van der Waals surface area contributed by atoms with Crippen LogP contribution in [-0.2, 0) is 10.1 Å². The van der Waals surface area contributed by atoms with Gasteiger partial charge < -0.3 is 0 Å². The van der Waals surface area contributed by atoms with Crippen LogP contribution in [-0.4, -0.2) is 13.0 Å². The molecule has 0 aliphatic heterocycles. The smallest absolute Gasteiger partial charge is 0.272 e. The molecular weight excluding hydrogens is 308 g/mol. The maximum absolute atomic E-state index is 11.9. The Hall–Kier alpha value is -1.65.